The Morgan fingerprint density at radius 2 is 1.50 bits per heavy atom. The van der Waals surface area contributed by atoms with Gasteiger partial charge in [0.1, 0.15) is 43.1 Å². The van der Waals surface area contributed by atoms with Gasteiger partial charge in [-0.2, -0.15) is 9.29 Å². The number of carbonyl (C=O) groups excluding carboxylic acids is 2. The van der Waals surface area contributed by atoms with Gasteiger partial charge in [-0.05, 0) is 70.3 Å². The third-order valence-electron chi connectivity index (χ3n) is 12.4. The monoisotopic (exact) mass is 1120 g/mol. The molecule has 3 rings (SSSR count). The van der Waals surface area contributed by atoms with Gasteiger partial charge >= 0.3 is 33.3 Å². The number of fused-ring (bicyclic) bond motifs is 3. The van der Waals surface area contributed by atoms with Crippen LogP contribution in [0.4, 0.5) is 5.82 Å². The lowest BCUT2D eigenvalue weighted by molar-refractivity contribution is -0.192. The van der Waals surface area contributed by atoms with E-state index in [2.05, 4.69) is 40.5 Å². The standard InChI is InChI=1S/C52H85N3O19P2/c1-3-5-7-8-9-10-11-12-13-14-15-16-17-18-19-20-25-29-46(58)68-36-40-37-69-75(64,65)74-76(66,67)70-38-44-50(62)49(61)43(32-31-39(56)27-23-6-4-2)72-48(60)35-42(57)41(28-24-21-22-26-30-47(59)71-40)51(73-44)55-34-33-45(53)54-52(55)63/h12-13,15-16,18-19,21,24,31-34,39-44,48-51,56-57,60-62H,3-11,14,17,20,22-23,25-30,35-38H2,1-2H3,(H,64,65)(H,66,67)(H2,53,54,63)/b13-12-,16-15-,19-18-,24-21?,32-31+/t39-,40+,41-,42-,43+,44+,48?,49-,50+,51+/m0/s1. The van der Waals surface area contributed by atoms with E-state index in [-0.39, 0.29) is 37.9 Å². The maximum Gasteiger partial charge on any atom is 0.481 e. The highest BCUT2D eigenvalue weighted by atomic mass is 31.3. The molecule has 432 valence electrons. The molecule has 2 aliphatic rings. The zero-order valence-electron chi connectivity index (χ0n) is 44.1. The molecule has 0 spiro atoms. The van der Waals surface area contributed by atoms with E-state index in [0.717, 1.165) is 42.9 Å². The molecule has 0 aromatic carbocycles. The van der Waals surface area contributed by atoms with Crippen LogP contribution < -0.4 is 11.4 Å². The highest BCUT2D eigenvalue weighted by molar-refractivity contribution is 7.61. The molecule has 24 heteroatoms. The molecule has 1 aromatic heterocycles. The van der Waals surface area contributed by atoms with E-state index >= 15 is 0 Å². The molecular weight excluding hydrogens is 1030 g/mol. The molecule has 0 saturated carbocycles. The Morgan fingerprint density at radius 1 is 0.855 bits per heavy atom. The minimum Gasteiger partial charge on any atom is -0.462 e. The van der Waals surface area contributed by atoms with Crippen LogP contribution in [0.25, 0.3) is 0 Å². The lowest BCUT2D eigenvalue weighted by Gasteiger charge is -2.36. The molecule has 9 N–H and O–H groups in total. The number of ether oxygens (including phenoxy) is 4. The van der Waals surface area contributed by atoms with Crippen molar-refractivity contribution in [3.05, 3.63) is 83.5 Å². The number of hydrogen-bond acceptors (Lipinski definition) is 19. The summed E-state index contributed by atoms with van der Waals surface area (Å²) in [5.41, 5.74) is 4.75. The van der Waals surface area contributed by atoms with Gasteiger partial charge in [-0.25, -0.2) is 13.9 Å². The van der Waals surface area contributed by atoms with Crippen LogP contribution in [-0.2, 0) is 51.0 Å². The molecule has 22 nitrogen and oxygen atoms in total. The number of unbranched alkanes of at least 4 members (excludes halogenated alkanes) is 9. The number of allylic oxidation sites excluding steroid dienone is 8. The SMILES string of the molecule is CCCCCCCC/C=C\C/C=C\C/C=C\CCCC(=O)OC[C@@H]1COP(=O)(O)OP(=O)(O)OC[C@H]2O[C@@H](n3ccc(N)nc3=O)[C@@H](CC=CCCCC(=O)O1)[C@@H](O)CC(O)O[C@H](/C=C/[C@@H](O)CCCCC)[C@H](O)[C@@H]2O. The van der Waals surface area contributed by atoms with Crippen LogP contribution in [0.15, 0.2) is 77.8 Å². The van der Waals surface area contributed by atoms with Crippen molar-refractivity contribution in [3.63, 3.8) is 0 Å². The number of phosphoric ester groups is 2. The molecule has 0 radical (unpaired) electrons. The Morgan fingerprint density at radius 3 is 2.20 bits per heavy atom. The van der Waals surface area contributed by atoms with Crippen LogP contribution in [0.5, 0.6) is 0 Å². The van der Waals surface area contributed by atoms with E-state index < -0.39 is 121 Å². The fourth-order valence-corrected chi connectivity index (χ4v) is 10.2. The lowest BCUT2D eigenvalue weighted by Crippen LogP contribution is -2.49. The summed E-state index contributed by atoms with van der Waals surface area (Å²) in [6.45, 7) is 1.38. The number of nitrogens with two attached hydrogens (primary N) is 1. The topological polar surface area (TPSA) is 335 Å². The summed E-state index contributed by atoms with van der Waals surface area (Å²) in [6, 6.07) is 1.22. The Kier molecular flexibility index (Phi) is 32.6. The number of phosphoric acid groups is 2. The van der Waals surface area contributed by atoms with Crippen molar-refractivity contribution in [1.82, 2.24) is 9.55 Å². The second-order valence-corrected chi connectivity index (χ2v) is 21.9. The second-order valence-electron chi connectivity index (χ2n) is 18.9. The van der Waals surface area contributed by atoms with Gasteiger partial charge in [-0.15, -0.1) is 0 Å². The zero-order valence-corrected chi connectivity index (χ0v) is 45.9. The smallest absolute Gasteiger partial charge is 0.462 e. The normalized spacial score (nSPS) is 29.7. The van der Waals surface area contributed by atoms with Gasteiger partial charge in [0.2, 0.25) is 0 Å². The molecule has 3 heterocycles. The van der Waals surface area contributed by atoms with Crippen molar-refractivity contribution in [2.24, 2.45) is 5.92 Å². The minimum absolute atomic E-state index is 0.0000412. The second kappa shape index (κ2) is 37.2. The average Bonchev–Trinajstić information content (AvgIpc) is 3.37. The molecule has 3 unspecified atom stereocenters. The molecule has 2 aliphatic heterocycles. The summed E-state index contributed by atoms with van der Waals surface area (Å²) >= 11 is 0. The Hall–Kier alpha value is -3.70. The first kappa shape index (κ1) is 66.6. The van der Waals surface area contributed by atoms with Gasteiger partial charge < -0.3 is 60.0 Å². The van der Waals surface area contributed by atoms with Gasteiger partial charge in [0.25, 0.3) is 0 Å². The molecule has 12 atom stereocenters. The van der Waals surface area contributed by atoms with E-state index in [1.54, 1.807) is 12.2 Å². The van der Waals surface area contributed by atoms with Crippen molar-refractivity contribution in [2.75, 3.05) is 25.6 Å². The lowest BCUT2D eigenvalue weighted by atomic mass is 9.92. The molecule has 1 fully saturated rings. The fraction of sp³-hybridized carbons (Fsp3) is 0.692. The zero-order chi connectivity index (χ0) is 55.8. The first-order chi connectivity index (χ1) is 36.3. The summed E-state index contributed by atoms with van der Waals surface area (Å²) in [5.74, 6) is -2.92. The highest BCUT2D eigenvalue weighted by Gasteiger charge is 2.44. The summed E-state index contributed by atoms with van der Waals surface area (Å²) in [7, 11) is -11.4. The molecule has 0 amide bonds. The Balaban J connectivity index is 1.78. The predicted octanol–water partition coefficient (Wildman–Crippen LogP) is 7.22. The number of aliphatic hydroxyl groups is 5. The maximum absolute atomic E-state index is 13.4. The largest absolute Gasteiger partial charge is 0.481 e. The number of aromatic nitrogens is 2. The van der Waals surface area contributed by atoms with Gasteiger partial charge in [0.05, 0.1) is 25.4 Å². The van der Waals surface area contributed by atoms with Crippen LogP contribution in [0, 0.1) is 5.92 Å². The van der Waals surface area contributed by atoms with Crippen LogP contribution in [-0.4, -0.2) is 126 Å². The van der Waals surface area contributed by atoms with E-state index in [0.29, 0.717) is 25.7 Å². The third-order valence-corrected chi connectivity index (χ3v) is 15.0. The minimum atomic E-state index is -5.74. The molecular formula is C52H85N3O19P2. The van der Waals surface area contributed by atoms with Gasteiger partial charge in [-0.1, -0.05) is 126 Å². The number of cyclic esters (lactones) is 1. The number of esters is 2. The Bertz CT molecular complexity index is 2140. The van der Waals surface area contributed by atoms with Crippen LogP contribution in [0.2, 0.25) is 0 Å². The first-order valence-corrected chi connectivity index (χ1v) is 29.7. The molecule has 1 saturated heterocycles. The maximum atomic E-state index is 13.4. The van der Waals surface area contributed by atoms with Gasteiger partial charge in [-0.3, -0.25) is 23.2 Å². The van der Waals surface area contributed by atoms with Crippen molar-refractivity contribution in [3.8, 4) is 0 Å². The third kappa shape index (κ3) is 27.8. The van der Waals surface area contributed by atoms with E-state index in [4.69, 9.17) is 33.7 Å². The summed E-state index contributed by atoms with van der Waals surface area (Å²) in [4.78, 5) is 64.2. The van der Waals surface area contributed by atoms with Gasteiger partial charge in [0.15, 0.2) is 12.4 Å². The number of nitrogens with zero attached hydrogens (tertiary/aromatic N) is 2. The number of hydrogen-bond donors (Lipinski definition) is 8. The summed E-state index contributed by atoms with van der Waals surface area (Å²) in [5, 5.41) is 56.8. The molecule has 0 aliphatic carbocycles. The quantitative estimate of drug-likeness (QED) is 0.0219. The number of carbonyl (C=O) groups is 2. The number of rotatable bonds is 24. The van der Waals surface area contributed by atoms with E-state index in [1.807, 2.05) is 19.1 Å². The number of anilines is 1. The number of aliphatic hydroxyl groups excluding tert-OH is 5. The molecule has 1 aromatic rings. The average molecular weight is 1120 g/mol. The Labute approximate surface area is 446 Å². The molecule has 76 heavy (non-hydrogen) atoms. The fourth-order valence-electron chi connectivity index (χ4n) is 8.12. The van der Waals surface area contributed by atoms with E-state index in [9.17, 15) is 58.8 Å². The highest BCUT2D eigenvalue weighted by Crippen LogP contribution is 2.60. The van der Waals surface area contributed by atoms with Crippen molar-refractivity contribution in [1.29, 1.82) is 0 Å². The first-order valence-electron chi connectivity index (χ1n) is 26.7. The predicted molar refractivity (Wildman–Crippen MR) is 283 cm³/mol. The van der Waals surface area contributed by atoms with E-state index in [1.165, 1.54) is 56.7 Å². The summed E-state index contributed by atoms with van der Waals surface area (Å²) < 4.78 is 64.6. The number of nitrogen functional groups attached to an aromatic ring is 1. The van der Waals surface area contributed by atoms with Crippen LogP contribution >= 0.6 is 15.6 Å². The summed E-state index contributed by atoms with van der Waals surface area (Å²) in [6.07, 6.45) is 17.4. The van der Waals surface area contributed by atoms with Crippen LogP contribution in [0.3, 0.4) is 0 Å². The van der Waals surface area contributed by atoms with Crippen molar-refractivity contribution in [2.45, 2.75) is 204 Å². The van der Waals surface area contributed by atoms with Crippen molar-refractivity contribution >= 4 is 33.4 Å². The van der Waals surface area contributed by atoms with Crippen molar-refractivity contribution < 1.29 is 86.3 Å². The van der Waals surface area contributed by atoms with Gasteiger partial charge in [0, 0.05) is 31.4 Å². The van der Waals surface area contributed by atoms with Crippen LogP contribution in [0.1, 0.15) is 155 Å². The molecule has 2 bridgehead atoms.